The Balaban J connectivity index is 1.94. The zero-order valence-corrected chi connectivity index (χ0v) is 11.4. The summed E-state index contributed by atoms with van der Waals surface area (Å²) in [4.78, 5) is 11.4. The van der Waals surface area contributed by atoms with E-state index in [0.717, 1.165) is 18.7 Å². The minimum atomic E-state index is 0.131. The van der Waals surface area contributed by atoms with Gasteiger partial charge in [-0.1, -0.05) is 31.4 Å². The SMILES string of the molecule is NCC1(c2ccc3c(c2)CCC(=O)N3)CCCCC1. The van der Waals surface area contributed by atoms with Crippen LogP contribution in [0.4, 0.5) is 5.69 Å². The lowest BCUT2D eigenvalue weighted by Crippen LogP contribution is -2.37. The summed E-state index contributed by atoms with van der Waals surface area (Å²) in [6.45, 7) is 0.734. The van der Waals surface area contributed by atoms with E-state index in [9.17, 15) is 4.79 Å². The van der Waals surface area contributed by atoms with Crippen LogP contribution in [0.2, 0.25) is 0 Å². The van der Waals surface area contributed by atoms with Crippen molar-refractivity contribution in [1.82, 2.24) is 0 Å². The number of fused-ring (bicyclic) bond motifs is 1. The number of hydrogen-bond donors (Lipinski definition) is 2. The van der Waals surface area contributed by atoms with Crippen molar-refractivity contribution in [3.63, 3.8) is 0 Å². The van der Waals surface area contributed by atoms with Crippen molar-refractivity contribution in [2.75, 3.05) is 11.9 Å². The third-order valence-corrected chi connectivity index (χ3v) is 4.81. The molecule has 1 aliphatic heterocycles. The van der Waals surface area contributed by atoms with E-state index in [1.165, 1.54) is 43.2 Å². The molecule has 3 N–H and O–H groups in total. The summed E-state index contributed by atoms with van der Waals surface area (Å²) in [6, 6.07) is 6.52. The Kier molecular flexibility index (Phi) is 3.31. The second-order valence-electron chi connectivity index (χ2n) is 5.97. The number of hydrogen-bond acceptors (Lipinski definition) is 2. The van der Waals surface area contributed by atoms with Crippen LogP contribution >= 0.6 is 0 Å². The fraction of sp³-hybridized carbons (Fsp3) is 0.562. The molecule has 1 aromatic carbocycles. The van der Waals surface area contributed by atoms with E-state index in [4.69, 9.17) is 5.73 Å². The van der Waals surface area contributed by atoms with E-state index in [1.54, 1.807) is 0 Å². The van der Waals surface area contributed by atoms with Crippen LogP contribution in [0.5, 0.6) is 0 Å². The minimum absolute atomic E-state index is 0.131. The molecule has 0 unspecified atom stereocenters. The summed E-state index contributed by atoms with van der Waals surface area (Å²) in [5.41, 5.74) is 9.92. The van der Waals surface area contributed by atoms with E-state index in [2.05, 4.69) is 23.5 Å². The zero-order valence-electron chi connectivity index (χ0n) is 11.4. The maximum absolute atomic E-state index is 11.4. The van der Waals surface area contributed by atoms with Crippen LogP contribution < -0.4 is 11.1 Å². The lowest BCUT2D eigenvalue weighted by molar-refractivity contribution is -0.116. The highest BCUT2D eigenvalue weighted by Gasteiger charge is 2.33. The third kappa shape index (κ3) is 2.27. The molecule has 3 nitrogen and oxygen atoms in total. The molecule has 1 saturated carbocycles. The molecule has 102 valence electrons. The number of nitrogens with two attached hydrogens (primary N) is 1. The summed E-state index contributed by atoms with van der Waals surface area (Å²) in [5, 5.41) is 2.95. The quantitative estimate of drug-likeness (QED) is 0.857. The molecule has 0 radical (unpaired) electrons. The molecule has 2 aliphatic rings. The lowest BCUT2D eigenvalue weighted by atomic mass is 9.69. The van der Waals surface area contributed by atoms with Crippen molar-refractivity contribution >= 4 is 11.6 Å². The van der Waals surface area contributed by atoms with Crippen molar-refractivity contribution in [2.24, 2.45) is 5.73 Å². The summed E-state index contributed by atoms with van der Waals surface area (Å²) in [6.07, 6.45) is 7.77. The Hall–Kier alpha value is -1.35. The van der Waals surface area contributed by atoms with E-state index < -0.39 is 0 Å². The Morgan fingerprint density at radius 3 is 2.68 bits per heavy atom. The Morgan fingerprint density at radius 1 is 1.16 bits per heavy atom. The number of benzene rings is 1. The van der Waals surface area contributed by atoms with Crippen molar-refractivity contribution in [2.45, 2.75) is 50.4 Å². The first-order valence-electron chi connectivity index (χ1n) is 7.37. The number of rotatable bonds is 2. The van der Waals surface area contributed by atoms with Crippen molar-refractivity contribution in [1.29, 1.82) is 0 Å². The van der Waals surface area contributed by atoms with Gasteiger partial charge in [0, 0.05) is 24.1 Å². The van der Waals surface area contributed by atoms with E-state index in [-0.39, 0.29) is 11.3 Å². The molecule has 0 saturated heterocycles. The molecule has 1 fully saturated rings. The summed E-state index contributed by atoms with van der Waals surface area (Å²) in [7, 11) is 0. The van der Waals surface area contributed by atoms with Gasteiger partial charge in [0.1, 0.15) is 0 Å². The molecular formula is C16H22N2O. The number of aryl methyl sites for hydroxylation is 1. The molecule has 1 heterocycles. The first-order valence-corrected chi connectivity index (χ1v) is 7.37. The van der Waals surface area contributed by atoms with Gasteiger partial charge in [-0.3, -0.25) is 4.79 Å². The van der Waals surface area contributed by atoms with Crippen LogP contribution in [-0.2, 0) is 16.6 Å². The minimum Gasteiger partial charge on any atom is -0.330 e. The van der Waals surface area contributed by atoms with Gasteiger partial charge in [0.2, 0.25) is 5.91 Å². The number of nitrogens with one attached hydrogen (secondary N) is 1. The van der Waals surface area contributed by atoms with Crippen molar-refractivity contribution in [3.8, 4) is 0 Å². The number of carbonyl (C=O) groups excluding carboxylic acids is 1. The lowest BCUT2D eigenvalue weighted by Gasteiger charge is -2.37. The Bertz CT molecular complexity index is 490. The standard InChI is InChI=1S/C16H22N2O/c17-11-16(8-2-1-3-9-16)13-5-6-14-12(10-13)4-7-15(19)18-14/h5-6,10H,1-4,7-9,11,17H2,(H,18,19). The molecule has 1 aromatic rings. The molecular weight excluding hydrogens is 236 g/mol. The predicted octanol–water partition coefficient (Wildman–Crippen LogP) is 2.73. The molecule has 3 rings (SSSR count). The Morgan fingerprint density at radius 2 is 1.95 bits per heavy atom. The average molecular weight is 258 g/mol. The molecule has 0 spiro atoms. The number of amides is 1. The summed E-state index contributed by atoms with van der Waals surface area (Å²) >= 11 is 0. The van der Waals surface area contributed by atoms with Crippen LogP contribution in [0.3, 0.4) is 0 Å². The number of anilines is 1. The molecule has 0 bridgehead atoms. The molecule has 0 atom stereocenters. The van der Waals surface area contributed by atoms with Gasteiger partial charge in [0.25, 0.3) is 0 Å². The molecule has 1 amide bonds. The van der Waals surface area contributed by atoms with Gasteiger partial charge in [-0.15, -0.1) is 0 Å². The molecule has 19 heavy (non-hydrogen) atoms. The highest BCUT2D eigenvalue weighted by atomic mass is 16.1. The van der Waals surface area contributed by atoms with E-state index >= 15 is 0 Å². The highest BCUT2D eigenvalue weighted by molar-refractivity contribution is 5.93. The van der Waals surface area contributed by atoms with Gasteiger partial charge >= 0.3 is 0 Å². The maximum atomic E-state index is 11.4. The van der Waals surface area contributed by atoms with Crippen molar-refractivity contribution in [3.05, 3.63) is 29.3 Å². The van der Waals surface area contributed by atoms with Gasteiger partial charge < -0.3 is 11.1 Å². The summed E-state index contributed by atoms with van der Waals surface area (Å²) in [5.74, 6) is 0.131. The highest BCUT2D eigenvalue weighted by Crippen LogP contribution is 2.40. The fourth-order valence-corrected chi connectivity index (χ4v) is 3.55. The van der Waals surface area contributed by atoms with Gasteiger partial charge in [-0.25, -0.2) is 0 Å². The maximum Gasteiger partial charge on any atom is 0.224 e. The summed E-state index contributed by atoms with van der Waals surface area (Å²) < 4.78 is 0. The first kappa shape index (κ1) is 12.7. The largest absolute Gasteiger partial charge is 0.330 e. The molecule has 3 heteroatoms. The smallest absolute Gasteiger partial charge is 0.224 e. The molecule has 0 aromatic heterocycles. The second-order valence-corrected chi connectivity index (χ2v) is 5.97. The topological polar surface area (TPSA) is 55.1 Å². The fourth-order valence-electron chi connectivity index (χ4n) is 3.55. The average Bonchev–Trinajstić information content (AvgIpc) is 2.47. The van der Waals surface area contributed by atoms with Crippen LogP contribution in [0.25, 0.3) is 0 Å². The van der Waals surface area contributed by atoms with Gasteiger partial charge in [0.05, 0.1) is 0 Å². The van der Waals surface area contributed by atoms with E-state index in [0.29, 0.717) is 6.42 Å². The monoisotopic (exact) mass is 258 g/mol. The van der Waals surface area contributed by atoms with Gasteiger partial charge in [-0.05, 0) is 36.5 Å². The van der Waals surface area contributed by atoms with E-state index in [1.807, 2.05) is 0 Å². The Labute approximate surface area is 114 Å². The van der Waals surface area contributed by atoms with Crippen LogP contribution in [0.1, 0.15) is 49.7 Å². The third-order valence-electron chi connectivity index (χ3n) is 4.81. The first-order chi connectivity index (χ1) is 9.23. The zero-order chi connectivity index (χ0) is 13.3. The van der Waals surface area contributed by atoms with Gasteiger partial charge in [0.15, 0.2) is 0 Å². The van der Waals surface area contributed by atoms with Crippen LogP contribution in [0.15, 0.2) is 18.2 Å². The number of carbonyl (C=O) groups is 1. The second kappa shape index (κ2) is 4.97. The molecule has 1 aliphatic carbocycles. The normalized spacial score (nSPS) is 21.6. The van der Waals surface area contributed by atoms with Crippen molar-refractivity contribution < 1.29 is 4.79 Å². The van der Waals surface area contributed by atoms with Gasteiger partial charge in [-0.2, -0.15) is 0 Å². The predicted molar refractivity (Wildman–Crippen MR) is 77.2 cm³/mol. The van der Waals surface area contributed by atoms with Crippen LogP contribution in [-0.4, -0.2) is 12.5 Å². The van der Waals surface area contributed by atoms with Crippen LogP contribution in [0, 0.1) is 0 Å².